The number of aromatic hydroxyl groups is 1. The van der Waals surface area contributed by atoms with Crippen LogP contribution in [0.3, 0.4) is 0 Å². The number of nitrogens with zero attached hydrogens (tertiary/aromatic N) is 5. The molecule has 6 unspecified atom stereocenters. The number of carbonyl (C=O) groups excluding carboxylic acids is 4. The Hall–Kier alpha value is -5.46. The van der Waals surface area contributed by atoms with Crippen molar-refractivity contribution in [3.05, 3.63) is 122 Å². The van der Waals surface area contributed by atoms with Gasteiger partial charge >= 0.3 is 12.4 Å². The Morgan fingerprint density at radius 2 is 1.57 bits per heavy atom. The van der Waals surface area contributed by atoms with E-state index in [0.717, 1.165) is 30.3 Å². The van der Waals surface area contributed by atoms with E-state index in [1.807, 2.05) is 0 Å². The maximum Gasteiger partial charge on any atom is 0.433 e. The number of allylic oxidation sites excluding steroid dienone is 2. The maximum atomic E-state index is 15.4. The molecular formula is C39H26Cl3F7N6O5. The summed E-state index contributed by atoms with van der Waals surface area (Å²) in [6.07, 6.45) is -8.17. The van der Waals surface area contributed by atoms with E-state index in [1.54, 1.807) is 6.08 Å². The maximum absolute atomic E-state index is 15.4. The number of amides is 4. The first-order chi connectivity index (χ1) is 28.2. The van der Waals surface area contributed by atoms with Gasteiger partial charge in [0.25, 0.3) is 23.6 Å². The SMILES string of the molecule is CN(c1nc(C(F)(F)F)ccc1Cl)N1C(=O)C2CC=C3C(CC4C(=O)N(Nc5ncc(C(F)(F)F)cc5Cl)C(=O)C4(c4ccc(Cl)cc4)C3c3ccc(O)c(F)c3)C2C1=O. The van der Waals surface area contributed by atoms with Crippen LogP contribution in [0.15, 0.2) is 78.5 Å². The van der Waals surface area contributed by atoms with Gasteiger partial charge in [-0.3, -0.25) is 29.6 Å². The normalized spacial score (nSPS) is 25.2. The highest BCUT2D eigenvalue weighted by atomic mass is 35.5. The molecule has 11 nitrogen and oxygen atoms in total. The fraction of sp³-hybridized carbons (Fsp3) is 0.282. The van der Waals surface area contributed by atoms with Crippen molar-refractivity contribution in [1.29, 1.82) is 0 Å². The number of phenols is 1. The summed E-state index contributed by atoms with van der Waals surface area (Å²) in [5.74, 6) is -12.8. The van der Waals surface area contributed by atoms with Gasteiger partial charge in [-0.05, 0) is 72.4 Å². The number of rotatable bonds is 6. The first-order valence-corrected chi connectivity index (χ1v) is 19.0. The molecule has 2 N–H and O–H groups in total. The van der Waals surface area contributed by atoms with Gasteiger partial charge in [0.05, 0.1) is 38.8 Å². The average molecular weight is 898 g/mol. The summed E-state index contributed by atoms with van der Waals surface area (Å²) in [7, 11) is 1.13. The number of pyridine rings is 2. The van der Waals surface area contributed by atoms with Crippen molar-refractivity contribution in [3.8, 4) is 5.75 Å². The van der Waals surface area contributed by atoms with Crippen LogP contribution in [0.2, 0.25) is 15.1 Å². The lowest BCUT2D eigenvalue weighted by molar-refractivity contribution is -0.142. The van der Waals surface area contributed by atoms with Crippen molar-refractivity contribution < 1.29 is 55.0 Å². The van der Waals surface area contributed by atoms with Gasteiger partial charge in [-0.25, -0.2) is 14.4 Å². The number of nitrogens with one attached hydrogen (secondary N) is 1. The van der Waals surface area contributed by atoms with Crippen molar-refractivity contribution in [3.63, 3.8) is 0 Å². The lowest BCUT2D eigenvalue weighted by Crippen LogP contribution is -2.53. The molecular weight excluding hydrogens is 872 g/mol. The molecule has 21 heteroatoms. The zero-order valence-electron chi connectivity index (χ0n) is 30.3. The van der Waals surface area contributed by atoms with Gasteiger partial charge in [0.2, 0.25) is 0 Å². The summed E-state index contributed by atoms with van der Waals surface area (Å²) in [5.41, 5.74) is -1.54. The number of alkyl halides is 6. The van der Waals surface area contributed by atoms with E-state index in [0.29, 0.717) is 33.9 Å². The molecule has 8 rings (SSSR count). The third-order valence-electron chi connectivity index (χ3n) is 11.6. The highest BCUT2D eigenvalue weighted by Gasteiger charge is 2.70. The van der Waals surface area contributed by atoms with Crippen molar-refractivity contribution in [2.75, 3.05) is 17.5 Å². The van der Waals surface area contributed by atoms with Gasteiger partial charge in [0, 0.05) is 24.2 Å². The van der Waals surface area contributed by atoms with E-state index in [2.05, 4.69) is 15.4 Å². The number of aromatic nitrogens is 2. The molecule has 60 heavy (non-hydrogen) atoms. The molecule has 2 aromatic carbocycles. The number of anilines is 2. The number of fused-ring (bicyclic) bond motifs is 4. The molecule has 3 fully saturated rings. The van der Waals surface area contributed by atoms with E-state index in [4.69, 9.17) is 34.8 Å². The largest absolute Gasteiger partial charge is 0.505 e. The average Bonchev–Trinajstić information content (AvgIpc) is 3.56. The van der Waals surface area contributed by atoms with Crippen LogP contribution in [-0.2, 0) is 36.9 Å². The highest BCUT2D eigenvalue weighted by molar-refractivity contribution is 6.33. The topological polar surface area (TPSA) is 136 Å². The number of hydrogen-bond acceptors (Lipinski definition) is 9. The molecule has 0 radical (unpaired) electrons. The van der Waals surface area contributed by atoms with Gasteiger partial charge < -0.3 is 5.11 Å². The first-order valence-electron chi connectivity index (χ1n) is 17.8. The number of carbonyl (C=O) groups is 4. The fourth-order valence-corrected chi connectivity index (χ4v) is 9.61. The number of phenolic OH excluding ortho intramolecular Hbond substituents is 1. The summed E-state index contributed by atoms with van der Waals surface area (Å²) >= 11 is 18.7. The third kappa shape index (κ3) is 6.33. The summed E-state index contributed by atoms with van der Waals surface area (Å²) in [5, 5.41) is 11.5. The monoisotopic (exact) mass is 896 g/mol. The summed E-state index contributed by atoms with van der Waals surface area (Å²) in [6.45, 7) is 0. The van der Waals surface area contributed by atoms with Crippen molar-refractivity contribution in [2.45, 2.75) is 36.5 Å². The Bertz CT molecular complexity index is 2540. The standard InChI is InChI=1S/C39H26Cl3F7N6O5/c1-53(32-24(41)9-11-28(51-32)39(47,48)49)55-33(57)21-8-7-20-22(29(21)35(55)59)14-23-34(58)54(52-31-25(42)13-18(15-50-31)38(44,45)46)36(60)37(23,17-3-5-19(40)6-4-17)30(20)16-2-10-27(56)26(43)12-16/h2-7,9-13,15,21-23,29-30,56H,8,14H2,1H3,(H,50,52). The van der Waals surface area contributed by atoms with Crippen molar-refractivity contribution in [1.82, 2.24) is 20.0 Å². The molecule has 4 heterocycles. The van der Waals surface area contributed by atoms with Crippen LogP contribution in [0.25, 0.3) is 0 Å². The van der Waals surface area contributed by atoms with Gasteiger partial charge in [0.1, 0.15) is 5.69 Å². The van der Waals surface area contributed by atoms with Crippen LogP contribution in [-0.4, -0.2) is 55.8 Å². The Kier molecular flexibility index (Phi) is 9.86. The predicted molar refractivity (Wildman–Crippen MR) is 199 cm³/mol. The van der Waals surface area contributed by atoms with Gasteiger partial charge in [-0.1, -0.05) is 64.7 Å². The number of benzene rings is 2. The number of halogens is 10. The summed E-state index contributed by atoms with van der Waals surface area (Å²) in [4.78, 5) is 66.0. The Morgan fingerprint density at radius 3 is 2.20 bits per heavy atom. The van der Waals surface area contributed by atoms with Crippen LogP contribution >= 0.6 is 34.8 Å². The van der Waals surface area contributed by atoms with Gasteiger partial charge in [-0.2, -0.15) is 36.4 Å². The molecule has 0 spiro atoms. The van der Waals surface area contributed by atoms with Crippen LogP contribution in [0.1, 0.15) is 41.1 Å². The van der Waals surface area contributed by atoms with E-state index < -0.39 is 110 Å². The van der Waals surface area contributed by atoms with Crippen LogP contribution in [0.5, 0.6) is 5.75 Å². The number of hydrazine groups is 2. The lowest BCUT2D eigenvalue weighted by atomic mass is 9.49. The molecule has 312 valence electrons. The first kappa shape index (κ1) is 41.3. The van der Waals surface area contributed by atoms with Crippen LogP contribution < -0.4 is 10.4 Å². The number of imide groups is 2. The minimum absolute atomic E-state index is 0.0547. The Morgan fingerprint density at radius 1 is 0.867 bits per heavy atom. The fourth-order valence-electron chi connectivity index (χ4n) is 9.05. The molecule has 4 aromatic rings. The second kappa shape index (κ2) is 14.3. The van der Waals surface area contributed by atoms with Crippen LogP contribution in [0, 0.1) is 29.5 Å². The molecule has 2 aliphatic carbocycles. The van der Waals surface area contributed by atoms with E-state index in [9.17, 15) is 45.8 Å². The van der Waals surface area contributed by atoms with Gasteiger partial charge in [-0.15, -0.1) is 0 Å². The van der Waals surface area contributed by atoms with E-state index in [-0.39, 0.29) is 34.0 Å². The minimum Gasteiger partial charge on any atom is -0.505 e. The second-order valence-corrected chi connectivity index (χ2v) is 15.9. The zero-order valence-corrected chi connectivity index (χ0v) is 32.6. The molecule has 2 saturated heterocycles. The molecule has 1 saturated carbocycles. The Balaban J connectivity index is 1.28. The molecule has 2 aliphatic heterocycles. The molecule has 4 aliphatic rings. The van der Waals surface area contributed by atoms with Gasteiger partial charge in [0.15, 0.2) is 23.2 Å². The third-order valence-corrected chi connectivity index (χ3v) is 12.4. The predicted octanol–water partition coefficient (Wildman–Crippen LogP) is 8.36. The second-order valence-electron chi connectivity index (χ2n) is 14.6. The highest BCUT2D eigenvalue weighted by Crippen LogP contribution is 2.64. The molecule has 4 amide bonds. The van der Waals surface area contributed by atoms with E-state index >= 15 is 9.18 Å². The number of hydrogen-bond donors (Lipinski definition) is 2. The van der Waals surface area contributed by atoms with E-state index in [1.165, 1.54) is 30.3 Å². The zero-order chi connectivity index (χ0) is 43.4. The lowest BCUT2D eigenvalue weighted by Gasteiger charge is -2.50. The molecule has 2 aromatic heterocycles. The molecule has 6 atom stereocenters. The summed E-state index contributed by atoms with van der Waals surface area (Å²) in [6, 6.07) is 11.2. The Labute approximate surface area is 349 Å². The smallest absolute Gasteiger partial charge is 0.433 e. The quantitative estimate of drug-likeness (QED) is 0.111. The summed E-state index contributed by atoms with van der Waals surface area (Å²) < 4.78 is 96.9. The van der Waals surface area contributed by atoms with Crippen LogP contribution in [0.4, 0.5) is 42.4 Å². The minimum atomic E-state index is -4.91. The molecule has 0 bridgehead atoms. The van der Waals surface area contributed by atoms with Crippen molar-refractivity contribution >= 4 is 70.1 Å². The van der Waals surface area contributed by atoms with Crippen molar-refractivity contribution in [2.24, 2.45) is 23.7 Å².